The van der Waals surface area contributed by atoms with Crippen molar-refractivity contribution in [2.75, 3.05) is 0 Å². The highest BCUT2D eigenvalue weighted by Gasteiger charge is 2.06. The van der Waals surface area contributed by atoms with Crippen LogP contribution in [0.3, 0.4) is 0 Å². The molecule has 0 fully saturated rings. The number of rotatable bonds is 2. The molecule has 0 saturated carbocycles. The molecule has 2 aromatic rings. The SMILES string of the molecule is Cc1ccc(C)c(-c2ccccc2CCl)c1. The Morgan fingerprint density at radius 3 is 2.44 bits per heavy atom. The zero-order valence-electron chi connectivity index (χ0n) is 9.63. The summed E-state index contributed by atoms with van der Waals surface area (Å²) in [4.78, 5) is 0. The van der Waals surface area contributed by atoms with Gasteiger partial charge in [-0.25, -0.2) is 0 Å². The van der Waals surface area contributed by atoms with E-state index >= 15 is 0 Å². The quantitative estimate of drug-likeness (QED) is 0.656. The number of aryl methyl sites for hydroxylation is 2. The maximum Gasteiger partial charge on any atom is 0.0480 e. The van der Waals surface area contributed by atoms with E-state index in [-0.39, 0.29) is 0 Å². The van der Waals surface area contributed by atoms with Gasteiger partial charge in [-0.15, -0.1) is 11.6 Å². The number of alkyl halides is 1. The molecule has 0 amide bonds. The second-order valence-electron chi connectivity index (χ2n) is 4.11. The Bertz CT molecular complexity index is 501. The Balaban J connectivity index is 2.62. The van der Waals surface area contributed by atoms with E-state index in [1.807, 2.05) is 6.07 Å². The van der Waals surface area contributed by atoms with Gasteiger partial charge in [-0.1, -0.05) is 48.0 Å². The molecular weight excluding hydrogens is 216 g/mol. The maximum atomic E-state index is 5.97. The molecule has 1 heteroatoms. The Morgan fingerprint density at radius 1 is 0.938 bits per heavy atom. The zero-order valence-corrected chi connectivity index (χ0v) is 10.4. The average molecular weight is 231 g/mol. The first-order valence-corrected chi connectivity index (χ1v) is 5.97. The lowest BCUT2D eigenvalue weighted by Crippen LogP contribution is -1.89. The number of benzene rings is 2. The molecule has 2 rings (SSSR count). The van der Waals surface area contributed by atoms with E-state index in [4.69, 9.17) is 11.6 Å². The van der Waals surface area contributed by atoms with E-state index in [0.29, 0.717) is 5.88 Å². The van der Waals surface area contributed by atoms with Crippen molar-refractivity contribution in [3.8, 4) is 11.1 Å². The summed E-state index contributed by atoms with van der Waals surface area (Å²) in [6, 6.07) is 14.8. The van der Waals surface area contributed by atoms with Crippen LogP contribution >= 0.6 is 11.6 Å². The third-order valence-electron chi connectivity index (χ3n) is 2.84. The van der Waals surface area contributed by atoms with Crippen molar-refractivity contribution in [2.24, 2.45) is 0 Å². The third-order valence-corrected chi connectivity index (χ3v) is 3.13. The fourth-order valence-electron chi connectivity index (χ4n) is 1.93. The van der Waals surface area contributed by atoms with Gasteiger partial charge in [0.1, 0.15) is 0 Å². The molecule has 0 bridgehead atoms. The third kappa shape index (κ3) is 2.12. The first kappa shape index (κ1) is 11.2. The molecular formula is C15H15Cl. The minimum absolute atomic E-state index is 0.559. The standard InChI is InChI=1S/C15H15Cl/c1-11-7-8-12(2)15(9-11)14-6-4-3-5-13(14)10-16/h3-9H,10H2,1-2H3. The lowest BCUT2D eigenvalue weighted by molar-refractivity contribution is 1.35. The van der Waals surface area contributed by atoms with Crippen molar-refractivity contribution in [3.05, 3.63) is 59.2 Å². The van der Waals surface area contributed by atoms with Crippen LogP contribution in [0.5, 0.6) is 0 Å². The Labute approximate surface area is 102 Å². The predicted octanol–water partition coefficient (Wildman–Crippen LogP) is 4.71. The molecule has 0 aliphatic carbocycles. The van der Waals surface area contributed by atoms with Crippen LogP contribution in [-0.4, -0.2) is 0 Å². The second-order valence-corrected chi connectivity index (χ2v) is 4.38. The molecule has 2 aromatic carbocycles. The first-order valence-electron chi connectivity index (χ1n) is 5.44. The van der Waals surface area contributed by atoms with Gasteiger partial charge in [-0.3, -0.25) is 0 Å². The van der Waals surface area contributed by atoms with Crippen LogP contribution < -0.4 is 0 Å². The van der Waals surface area contributed by atoms with E-state index < -0.39 is 0 Å². The highest BCUT2D eigenvalue weighted by molar-refractivity contribution is 6.17. The van der Waals surface area contributed by atoms with Gasteiger partial charge in [0.15, 0.2) is 0 Å². The van der Waals surface area contributed by atoms with Crippen LogP contribution in [0.2, 0.25) is 0 Å². The summed E-state index contributed by atoms with van der Waals surface area (Å²) in [5.41, 5.74) is 6.31. The molecule has 0 nitrogen and oxygen atoms in total. The van der Waals surface area contributed by atoms with Crippen LogP contribution in [0.25, 0.3) is 11.1 Å². The first-order chi connectivity index (χ1) is 7.72. The summed E-state index contributed by atoms with van der Waals surface area (Å²) >= 11 is 5.97. The van der Waals surface area contributed by atoms with Gasteiger partial charge in [-0.2, -0.15) is 0 Å². The molecule has 16 heavy (non-hydrogen) atoms. The summed E-state index contributed by atoms with van der Waals surface area (Å²) in [5.74, 6) is 0.559. The van der Waals surface area contributed by atoms with Crippen molar-refractivity contribution in [1.29, 1.82) is 0 Å². The van der Waals surface area contributed by atoms with Crippen LogP contribution in [0, 0.1) is 13.8 Å². The van der Waals surface area contributed by atoms with Crippen molar-refractivity contribution >= 4 is 11.6 Å². The zero-order chi connectivity index (χ0) is 11.5. The van der Waals surface area contributed by atoms with Crippen LogP contribution in [-0.2, 0) is 5.88 Å². The van der Waals surface area contributed by atoms with Crippen LogP contribution in [0.4, 0.5) is 0 Å². The highest BCUT2D eigenvalue weighted by Crippen LogP contribution is 2.28. The van der Waals surface area contributed by atoms with E-state index in [0.717, 1.165) is 0 Å². The molecule has 0 heterocycles. The van der Waals surface area contributed by atoms with Crippen molar-refractivity contribution in [2.45, 2.75) is 19.7 Å². The number of halogens is 1. The van der Waals surface area contributed by atoms with E-state index in [9.17, 15) is 0 Å². The molecule has 0 N–H and O–H groups in total. The summed E-state index contributed by atoms with van der Waals surface area (Å²) in [7, 11) is 0. The molecule has 82 valence electrons. The van der Waals surface area contributed by atoms with Crippen LogP contribution in [0.1, 0.15) is 16.7 Å². The largest absolute Gasteiger partial charge is 0.122 e. The fourth-order valence-corrected chi connectivity index (χ4v) is 2.16. The van der Waals surface area contributed by atoms with Crippen LogP contribution in [0.15, 0.2) is 42.5 Å². The van der Waals surface area contributed by atoms with E-state index in [1.54, 1.807) is 0 Å². The monoisotopic (exact) mass is 230 g/mol. The summed E-state index contributed by atoms with van der Waals surface area (Å²) in [5, 5.41) is 0. The van der Waals surface area contributed by atoms with Gasteiger partial charge in [0.2, 0.25) is 0 Å². The normalized spacial score (nSPS) is 10.4. The second kappa shape index (κ2) is 4.71. The van der Waals surface area contributed by atoms with Gasteiger partial charge in [0.25, 0.3) is 0 Å². The van der Waals surface area contributed by atoms with Gasteiger partial charge >= 0.3 is 0 Å². The van der Waals surface area contributed by atoms with Gasteiger partial charge < -0.3 is 0 Å². The average Bonchev–Trinajstić information content (AvgIpc) is 2.32. The molecule has 0 unspecified atom stereocenters. The van der Waals surface area contributed by atoms with E-state index in [2.05, 4.69) is 50.2 Å². The molecule has 0 aliphatic heterocycles. The Hall–Kier alpha value is -1.27. The molecule has 0 radical (unpaired) electrons. The fraction of sp³-hybridized carbons (Fsp3) is 0.200. The molecule has 0 aromatic heterocycles. The van der Waals surface area contributed by atoms with Crippen molar-refractivity contribution in [1.82, 2.24) is 0 Å². The number of hydrogen-bond acceptors (Lipinski definition) is 0. The topological polar surface area (TPSA) is 0 Å². The van der Waals surface area contributed by atoms with E-state index in [1.165, 1.54) is 27.8 Å². The van der Waals surface area contributed by atoms with Gasteiger partial charge in [0.05, 0.1) is 0 Å². The Morgan fingerprint density at radius 2 is 1.69 bits per heavy atom. The summed E-state index contributed by atoms with van der Waals surface area (Å²) in [6.45, 7) is 4.26. The van der Waals surface area contributed by atoms with Gasteiger partial charge in [0, 0.05) is 5.88 Å². The Kier molecular flexibility index (Phi) is 3.31. The lowest BCUT2D eigenvalue weighted by Gasteiger charge is -2.11. The summed E-state index contributed by atoms with van der Waals surface area (Å²) < 4.78 is 0. The van der Waals surface area contributed by atoms with Gasteiger partial charge in [-0.05, 0) is 36.1 Å². The molecule has 0 saturated heterocycles. The molecule has 0 aliphatic rings. The minimum atomic E-state index is 0.559. The molecule has 0 spiro atoms. The predicted molar refractivity (Wildman–Crippen MR) is 70.9 cm³/mol. The van der Waals surface area contributed by atoms with Crippen molar-refractivity contribution in [3.63, 3.8) is 0 Å². The van der Waals surface area contributed by atoms with Crippen molar-refractivity contribution < 1.29 is 0 Å². The lowest BCUT2D eigenvalue weighted by atomic mass is 9.95. The minimum Gasteiger partial charge on any atom is -0.122 e. The smallest absolute Gasteiger partial charge is 0.0480 e. The summed E-state index contributed by atoms with van der Waals surface area (Å²) in [6.07, 6.45) is 0. The maximum absolute atomic E-state index is 5.97. The highest BCUT2D eigenvalue weighted by atomic mass is 35.5. The molecule has 0 atom stereocenters. The number of hydrogen-bond donors (Lipinski definition) is 0.